The monoisotopic (exact) mass is 504 g/mol. The Morgan fingerprint density at radius 2 is 1.90 bits per heavy atom. The molecule has 3 rings (SSSR count). The maximum absolute atomic E-state index is 13.2. The summed E-state index contributed by atoms with van der Waals surface area (Å²) in [6.07, 6.45) is -4.59. The van der Waals surface area contributed by atoms with Crippen molar-refractivity contribution in [1.82, 2.24) is 14.8 Å². The van der Waals surface area contributed by atoms with Crippen LogP contribution in [0.2, 0.25) is 5.02 Å². The molecule has 0 fully saturated rings. The molecule has 0 aliphatic carbocycles. The quantitative estimate of drug-likeness (QED) is 0.449. The number of aryl methyl sites for hydroxylation is 1. The highest BCUT2D eigenvalue weighted by molar-refractivity contribution is 9.10. The zero-order valence-electron chi connectivity index (χ0n) is 14.8. The van der Waals surface area contributed by atoms with Crippen LogP contribution in [0.4, 0.5) is 18.9 Å². The molecule has 0 saturated carbocycles. The van der Waals surface area contributed by atoms with Gasteiger partial charge in [-0.2, -0.15) is 13.2 Å². The van der Waals surface area contributed by atoms with E-state index in [-0.39, 0.29) is 15.9 Å². The van der Waals surface area contributed by atoms with E-state index in [0.717, 1.165) is 23.5 Å². The van der Waals surface area contributed by atoms with Crippen LogP contribution in [0.5, 0.6) is 0 Å². The molecular weight excluding hydrogens is 493 g/mol. The van der Waals surface area contributed by atoms with E-state index in [9.17, 15) is 18.0 Å². The second-order valence-electron chi connectivity index (χ2n) is 5.87. The van der Waals surface area contributed by atoms with Crippen molar-refractivity contribution < 1.29 is 18.0 Å². The molecule has 2 aromatic carbocycles. The molecule has 1 aromatic heterocycles. The standard InChI is InChI=1S/C18H13BrClF3N4OS/c1-10-25-26-17(27(10)13-5-3-12(20)4-6-13)29-9-16(28)24-15-7-2-11(19)8-14(15)18(21,22)23/h2-8H,9H2,1H3,(H,24,28). The molecule has 29 heavy (non-hydrogen) atoms. The molecule has 0 aliphatic rings. The van der Waals surface area contributed by atoms with E-state index in [1.165, 1.54) is 12.1 Å². The summed E-state index contributed by atoms with van der Waals surface area (Å²) in [6.45, 7) is 1.75. The van der Waals surface area contributed by atoms with Gasteiger partial charge in [0.2, 0.25) is 5.91 Å². The number of nitrogens with one attached hydrogen (secondary N) is 1. The first-order chi connectivity index (χ1) is 13.6. The number of carbonyl (C=O) groups is 1. The van der Waals surface area contributed by atoms with E-state index in [0.29, 0.717) is 16.0 Å². The Bertz CT molecular complexity index is 1040. The van der Waals surface area contributed by atoms with Gasteiger partial charge in [0.05, 0.1) is 17.0 Å². The molecular formula is C18H13BrClF3N4OS. The van der Waals surface area contributed by atoms with E-state index in [1.807, 2.05) is 0 Å². The Morgan fingerprint density at radius 3 is 2.55 bits per heavy atom. The molecule has 0 saturated heterocycles. The van der Waals surface area contributed by atoms with Gasteiger partial charge in [0.25, 0.3) is 0 Å². The van der Waals surface area contributed by atoms with Crippen LogP contribution < -0.4 is 5.32 Å². The van der Waals surface area contributed by atoms with E-state index in [4.69, 9.17) is 11.6 Å². The molecule has 11 heteroatoms. The number of aromatic nitrogens is 3. The number of anilines is 1. The van der Waals surface area contributed by atoms with Crippen LogP contribution in [-0.4, -0.2) is 26.4 Å². The van der Waals surface area contributed by atoms with Crippen LogP contribution in [0.1, 0.15) is 11.4 Å². The van der Waals surface area contributed by atoms with Crippen LogP contribution in [0.3, 0.4) is 0 Å². The summed E-state index contributed by atoms with van der Waals surface area (Å²) < 4.78 is 41.6. The third-order valence-electron chi connectivity index (χ3n) is 3.77. The largest absolute Gasteiger partial charge is 0.418 e. The molecule has 0 radical (unpaired) electrons. The summed E-state index contributed by atoms with van der Waals surface area (Å²) in [7, 11) is 0. The van der Waals surface area contributed by atoms with Crippen LogP contribution in [0.25, 0.3) is 5.69 Å². The van der Waals surface area contributed by atoms with Crippen molar-refractivity contribution in [3.05, 3.63) is 63.3 Å². The first-order valence-electron chi connectivity index (χ1n) is 8.12. The van der Waals surface area contributed by atoms with Crippen molar-refractivity contribution in [3.63, 3.8) is 0 Å². The number of amides is 1. The minimum absolute atomic E-state index is 0.140. The second kappa shape index (κ2) is 8.76. The number of carbonyl (C=O) groups excluding carboxylic acids is 1. The minimum Gasteiger partial charge on any atom is -0.325 e. The number of halogens is 5. The van der Waals surface area contributed by atoms with Crippen molar-refractivity contribution >= 4 is 50.9 Å². The Balaban J connectivity index is 1.74. The fraction of sp³-hybridized carbons (Fsp3) is 0.167. The Kier molecular flexibility index (Phi) is 6.55. The highest BCUT2D eigenvalue weighted by Crippen LogP contribution is 2.36. The van der Waals surface area contributed by atoms with E-state index in [2.05, 4.69) is 31.4 Å². The molecule has 3 aromatic rings. The average Bonchev–Trinajstić information content (AvgIpc) is 3.02. The van der Waals surface area contributed by atoms with Crippen molar-refractivity contribution in [1.29, 1.82) is 0 Å². The van der Waals surface area contributed by atoms with Gasteiger partial charge in [0, 0.05) is 15.2 Å². The number of benzene rings is 2. The number of rotatable bonds is 5. The van der Waals surface area contributed by atoms with Crippen LogP contribution >= 0.6 is 39.3 Å². The molecule has 0 bridgehead atoms. The molecule has 5 nitrogen and oxygen atoms in total. The third-order valence-corrected chi connectivity index (χ3v) is 5.45. The SMILES string of the molecule is Cc1nnc(SCC(=O)Nc2ccc(Br)cc2C(F)(F)F)n1-c1ccc(Cl)cc1. The van der Waals surface area contributed by atoms with Crippen LogP contribution in [0.15, 0.2) is 52.1 Å². The molecule has 152 valence electrons. The number of nitrogens with zero attached hydrogens (tertiary/aromatic N) is 3. The lowest BCUT2D eigenvalue weighted by Gasteiger charge is -2.14. The summed E-state index contributed by atoms with van der Waals surface area (Å²) in [6, 6.07) is 10.5. The molecule has 0 unspecified atom stereocenters. The lowest BCUT2D eigenvalue weighted by atomic mass is 10.1. The minimum atomic E-state index is -4.59. The maximum atomic E-state index is 13.2. The van der Waals surface area contributed by atoms with Gasteiger partial charge in [0.1, 0.15) is 5.82 Å². The van der Waals surface area contributed by atoms with Gasteiger partial charge in [-0.3, -0.25) is 9.36 Å². The average molecular weight is 506 g/mol. The van der Waals surface area contributed by atoms with Gasteiger partial charge in [0.15, 0.2) is 5.16 Å². The van der Waals surface area contributed by atoms with Gasteiger partial charge >= 0.3 is 6.18 Å². The fourth-order valence-corrected chi connectivity index (χ4v) is 3.78. The van der Waals surface area contributed by atoms with Crippen molar-refractivity contribution in [3.8, 4) is 5.69 Å². The first-order valence-corrected chi connectivity index (χ1v) is 10.3. The van der Waals surface area contributed by atoms with E-state index in [1.54, 1.807) is 35.8 Å². The van der Waals surface area contributed by atoms with E-state index < -0.39 is 17.6 Å². The van der Waals surface area contributed by atoms with Gasteiger partial charge in [-0.05, 0) is 49.4 Å². The molecule has 1 heterocycles. The molecule has 0 aliphatic heterocycles. The predicted octanol–water partition coefficient (Wildman–Crippen LogP) is 5.74. The number of hydrogen-bond acceptors (Lipinski definition) is 4. The van der Waals surface area contributed by atoms with Crippen molar-refractivity contribution in [2.45, 2.75) is 18.3 Å². The first kappa shape index (κ1) is 21.7. The fourth-order valence-electron chi connectivity index (χ4n) is 2.50. The molecule has 1 N–H and O–H groups in total. The molecule has 0 spiro atoms. The zero-order chi connectivity index (χ0) is 21.2. The second-order valence-corrected chi connectivity index (χ2v) is 8.16. The highest BCUT2D eigenvalue weighted by Gasteiger charge is 2.34. The van der Waals surface area contributed by atoms with E-state index >= 15 is 0 Å². The predicted molar refractivity (Wildman–Crippen MR) is 110 cm³/mol. The Hall–Kier alpha value is -2.04. The van der Waals surface area contributed by atoms with Gasteiger partial charge in [-0.25, -0.2) is 0 Å². The topological polar surface area (TPSA) is 59.8 Å². The number of hydrogen-bond donors (Lipinski definition) is 1. The summed E-state index contributed by atoms with van der Waals surface area (Å²) in [5.74, 6) is -0.132. The summed E-state index contributed by atoms with van der Waals surface area (Å²) in [4.78, 5) is 12.3. The van der Waals surface area contributed by atoms with Crippen LogP contribution in [-0.2, 0) is 11.0 Å². The smallest absolute Gasteiger partial charge is 0.325 e. The van der Waals surface area contributed by atoms with Crippen LogP contribution in [0, 0.1) is 6.92 Å². The highest BCUT2D eigenvalue weighted by atomic mass is 79.9. The van der Waals surface area contributed by atoms with Crippen molar-refractivity contribution in [2.24, 2.45) is 0 Å². The number of alkyl halides is 3. The summed E-state index contributed by atoms with van der Waals surface area (Å²) in [5, 5.41) is 11.4. The van der Waals surface area contributed by atoms with Gasteiger partial charge in [-0.1, -0.05) is 39.3 Å². The molecule has 0 atom stereocenters. The normalized spacial score (nSPS) is 11.5. The Morgan fingerprint density at radius 1 is 1.21 bits per heavy atom. The lowest BCUT2D eigenvalue weighted by Crippen LogP contribution is -2.18. The lowest BCUT2D eigenvalue weighted by molar-refractivity contribution is -0.137. The summed E-state index contributed by atoms with van der Waals surface area (Å²) >= 11 is 9.98. The zero-order valence-corrected chi connectivity index (χ0v) is 18.0. The summed E-state index contributed by atoms with van der Waals surface area (Å²) in [5.41, 5.74) is -0.473. The number of thioether (sulfide) groups is 1. The van der Waals surface area contributed by atoms with Crippen molar-refractivity contribution in [2.75, 3.05) is 11.1 Å². The van der Waals surface area contributed by atoms with Gasteiger partial charge in [-0.15, -0.1) is 10.2 Å². The third kappa shape index (κ3) is 5.31. The van der Waals surface area contributed by atoms with Gasteiger partial charge < -0.3 is 5.32 Å². The molecule has 1 amide bonds. The maximum Gasteiger partial charge on any atom is 0.418 e. The Labute approximate surface area is 181 Å².